The molecule has 67 heavy (non-hydrogen) atoms. The molecule has 20 nitrogen and oxygen atoms in total. The van der Waals surface area contributed by atoms with Crippen LogP contribution in [0.25, 0.3) is 33.1 Å². The first kappa shape index (κ1) is 49.9. The van der Waals surface area contributed by atoms with Crippen molar-refractivity contribution in [2.24, 2.45) is 0 Å². The lowest BCUT2D eigenvalue weighted by molar-refractivity contribution is -0.120. The molecule has 0 fully saturated rings. The molecule has 0 radical (unpaired) electrons. The van der Waals surface area contributed by atoms with Gasteiger partial charge >= 0.3 is 0 Å². The zero-order chi connectivity index (χ0) is 48.0. The highest BCUT2D eigenvalue weighted by Crippen LogP contribution is 2.30. The zero-order valence-electron chi connectivity index (χ0n) is 39.3. The fourth-order valence-corrected chi connectivity index (χ4v) is 8.00. The van der Waals surface area contributed by atoms with Crippen molar-refractivity contribution in [2.45, 2.75) is 116 Å². The topological polar surface area (TPSA) is 281 Å². The number of nitrogen functional groups attached to an aromatic ring is 1. The Morgan fingerprint density at radius 1 is 0.642 bits per heavy atom. The van der Waals surface area contributed by atoms with E-state index in [1.165, 1.54) is 13.8 Å². The van der Waals surface area contributed by atoms with Crippen LogP contribution in [0, 0.1) is 0 Å². The molecule has 0 aliphatic heterocycles. The molecule has 0 saturated heterocycles. The number of hydrogen-bond donors (Lipinski definition) is 9. The van der Waals surface area contributed by atoms with Gasteiger partial charge in [-0.2, -0.15) is 15.0 Å². The predicted molar refractivity (Wildman–Crippen MR) is 266 cm³/mol. The van der Waals surface area contributed by atoms with E-state index >= 15 is 0 Å². The molecule has 0 bridgehead atoms. The number of anilines is 6. The van der Waals surface area contributed by atoms with Gasteiger partial charge in [0.2, 0.25) is 29.7 Å². The maximum Gasteiger partial charge on any atom is 0.225 e. The van der Waals surface area contributed by atoms with Crippen LogP contribution in [0.3, 0.4) is 0 Å². The van der Waals surface area contributed by atoms with Crippen LogP contribution >= 0.6 is 11.6 Å². The van der Waals surface area contributed by atoms with Gasteiger partial charge in [-0.3, -0.25) is 19.6 Å². The number of carbonyl (C=O) groups is 2. The SMILES string of the molecule is CCC[C@](C)(CO)Nc1nc(NCCCC[C@](C)(CNC(C)=O)Nc2nc(NCCCCC[C@](C)(CNC(C)=O)Nc3nc(N)nc4cccnc34)nc3cc(Cl)cnc23)nc2cccnc12. The van der Waals surface area contributed by atoms with Crippen molar-refractivity contribution in [2.75, 3.05) is 65.1 Å². The Bertz CT molecular complexity index is 2640. The van der Waals surface area contributed by atoms with Crippen LogP contribution in [-0.4, -0.2) is 111 Å². The van der Waals surface area contributed by atoms with E-state index in [0.717, 1.165) is 51.4 Å². The van der Waals surface area contributed by atoms with E-state index in [-0.39, 0.29) is 24.4 Å². The molecule has 358 valence electrons. The second-order valence-corrected chi connectivity index (χ2v) is 18.3. The van der Waals surface area contributed by atoms with Gasteiger partial charge in [-0.1, -0.05) is 37.8 Å². The van der Waals surface area contributed by atoms with Crippen LogP contribution < -0.4 is 43.0 Å². The number of halogens is 1. The molecule has 2 amide bonds. The molecule has 6 rings (SSSR count). The highest BCUT2D eigenvalue weighted by Gasteiger charge is 2.29. The monoisotopic (exact) mass is 938 g/mol. The molecule has 6 aromatic heterocycles. The Labute approximate surface area is 395 Å². The van der Waals surface area contributed by atoms with Crippen LogP contribution in [0.4, 0.5) is 35.3 Å². The van der Waals surface area contributed by atoms with E-state index in [1.807, 2.05) is 39.0 Å². The van der Waals surface area contributed by atoms with Crippen molar-refractivity contribution in [3.05, 3.63) is 53.9 Å². The van der Waals surface area contributed by atoms with Crippen LogP contribution in [0.2, 0.25) is 5.02 Å². The molecule has 10 N–H and O–H groups in total. The number of aliphatic hydroxyl groups excluding tert-OH is 1. The summed E-state index contributed by atoms with van der Waals surface area (Å²) in [6.45, 7) is 13.0. The molecule has 0 aliphatic rings. The number of fused-ring (bicyclic) bond motifs is 3. The Morgan fingerprint density at radius 2 is 1.13 bits per heavy atom. The third-order valence-electron chi connectivity index (χ3n) is 11.4. The summed E-state index contributed by atoms with van der Waals surface area (Å²) in [4.78, 5) is 65.6. The van der Waals surface area contributed by atoms with Crippen LogP contribution in [0.15, 0.2) is 48.9 Å². The number of nitrogens with one attached hydrogen (secondary N) is 7. The lowest BCUT2D eigenvalue weighted by Crippen LogP contribution is -2.46. The number of unbranched alkanes of at least 4 members (excludes halogenated alkanes) is 3. The van der Waals surface area contributed by atoms with Crippen LogP contribution in [-0.2, 0) is 9.59 Å². The van der Waals surface area contributed by atoms with E-state index in [0.29, 0.717) is 100 Å². The fraction of sp³-hybridized carbons (Fsp3) is 0.500. The van der Waals surface area contributed by atoms with Gasteiger partial charge < -0.3 is 48.1 Å². The average molecular weight is 939 g/mol. The molecule has 0 aliphatic carbocycles. The standard InChI is InChI=1S/C46H64ClN17O3/c1-7-17-46(6,28-65)64-39-36-33(16-14-23-50-36)57-42(60-39)52-21-12-10-19-45(5,27-55-30(3)67)63-40-37-34(24-31(47)25-53-37)58-43(61-40)51-20-11-8-9-18-44(4,26-54-29(2)66)62-38-35-32(15-13-22-49-35)56-41(48)59-38/h13-16,22-25,65H,7-12,17-21,26-28H2,1-6H3,(H,54,66)(H,55,67)(H3,48,56,59,62)(H2,51,58,61,63)(H2,52,57,60,64)/t44-,45-,46-/m1/s1. The van der Waals surface area contributed by atoms with Crippen molar-refractivity contribution in [3.8, 4) is 0 Å². The highest BCUT2D eigenvalue weighted by atomic mass is 35.5. The largest absolute Gasteiger partial charge is 0.394 e. The minimum atomic E-state index is -0.625. The molecule has 21 heteroatoms. The summed E-state index contributed by atoms with van der Waals surface area (Å²) in [5.74, 6) is 2.33. The van der Waals surface area contributed by atoms with Crippen molar-refractivity contribution >= 4 is 91.8 Å². The summed E-state index contributed by atoms with van der Waals surface area (Å²) in [6, 6.07) is 9.11. The van der Waals surface area contributed by atoms with E-state index in [2.05, 4.69) is 69.1 Å². The number of hydrogen-bond acceptors (Lipinski definition) is 18. The summed E-state index contributed by atoms with van der Waals surface area (Å²) < 4.78 is 0. The summed E-state index contributed by atoms with van der Waals surface area (Å²) in [7, 11) is 0. The number of amides is 2. The second kappa shape index (κ2) is 22.8. The first-order chi connectivity index (χ1) is 32.1. The van der Waals surface area contributed by atoms with Crippen molar-refractivity contribution < 1.29 is 14.7 Å². The van der Waals surface area contributed by atoms with Crippen molar-refractivity contribution in [1.82, 2.24) is 55.5 Å². The van der Waals surface area contributed by atoms with Gasteiger partial charge in [-0.25, -0.2) is 19.9 Å². The highest BCUT2D eigenvalue weighted by molar-refractivity contribution is 6.31. The van der Waals surface area contributed by atoms with E-state index < -0.39 is 16.6 Å². The molecule has 3 atom stereocenters. The first-order valence-electron chi connectivity index (χ1n) is 22.9. The molecule has 0 aromatic carbocycles. The van der Waals surface area contributed by atoms with Gasteiger partial charge in [0.1, 0.15) is 16.6 Å². The minimum Gasteiger partial charge on any atom is -0.394 e. The second-order valence-electron chi connectivity index (χ2n) is 17.9. The summed E-state index contributed by atoms with van der Waals surface area (Å²) >= 11 is 6.41. The lowest BCUT2D eigenvalue weighted by Gasteiger charge is -2.32. The molecule has 0 saturated carbocycles. The Morgan fingerprint density at radius 3 is 1.69 bits per heavy atom. The van der Waals surface area contributed by atoms with Gasteiger partial charge in [-0.05, 0) is 89.6 Å². The van der Waals surface area contributed by atoms with Crippen LogP contribution in [0.1, 0.15) is 99.3 Å². The van der Waals surface area contributed by atoms with Crippen molar-refractivity contribution in [1.29, 1.82) is 0 Å². The van der Waals surface area contributed by atoms with Gasteiger partial charge in [0.15, 0.2) is 17.5 Å². The third-order valence-corrected chi connectivity index (χ3v) is 11.6. The average Bonchev–Trinajstić information content (AvgIpc) is 3.28. The molecule has 0 spiro atoms. The van der Waals surface area contributed by atoms with Gasteiger partial charge in [0.05, 0.1) is 44.8 Å². The maximum absolute atomic E-state index is 12.2. The fourth-order valence-electron chi connectivity index (χ4n) is 7.84. The van der Waals surface area contributed by atoms with Crippen LogP contribution in [0.5, 0.6) is 0 Å². The number of nitrogens with zero attached hydrogens (tertiary/aromatic N) is 9. The zero-order valence-corrected chi connectivity index (χ0v) is 40.0. The molecule has 6 heterocycles. The predicted octanol–water partition coefficient (Wildman–Crippen LogP) is 6.47. The van der Waals surface area contributed by atoms with E-state index in [1.54, 1.807) is 30.7 Å². The molecule has 0 unspecified atom stereocenters. The Hall–Kier alpha value is -6.54. The number of pyridine rings is 3. The quantitative estimate of drug-likeness (QED) is 0.0264. The Kier molecular flexibility index (Phi) is 17.0. The number of aliphatic hydroxyl groups is 1. The maximum atomic E-state index is 12.2. The van der Waals surface area contributed by atoms with Gasteiger partial charge in [0, 0.05) is 58.6 Å². The Balaban J connectivity index is 1.08. The van der Waals surface area contributed by atoms with Gasteiger partial charge in [-0.15, -0.1) is 0 Å². The smallest absolute Gasteiger partial charge is 0.225 e. The van der Waals surface area contributed by atoms with E-state index in [9.17, 15) is 14.7 Å². The number of rotatable bonds is 26. The summed E-state index contributed by atoms with van der Waals surface area (Å²) in [5, 5.41) is 33.9. The molecular formula is C46H64ClN17O3. The minimum absolute atomic E-state index is 0.0525. The molecule has 6 aromatic rings. The van der Waals surface area contributed by atoms with Gasteiger partial charge in [0.25, 0.3) is 0 Å². The lowest BCUT2D eigenvalue weighted by atomic mass is 9.93. The number of carbonyl (C=O) groups excluding carboxylic acids is 2. The molecular weight excluding hydrogens is 874 g/mol. The number of aromatic nitrogens is 9. The first-order valence-corrected chi connectivity index (χ1v) is 23.2. The normalized spacial score (nSPS) is 14.1. The summed E-state index contributed by atoms with van der Waals surface area (Å²) in [5.41, 5.74) is 7.97. The summed E-state index contributed by atoms with van der Waals surface area (Å²) in [6.07, 6.45) is 12.1. The third kappa shape index (κ3) is 14.2. The number of nitrogens with two attached hydrogens (primary N) is 1. The van der Waals surface area contributed by atoms with E-state index in [4.69, 9.17) is 37.3 Å². The van der Waals surface area contributed by atoms with Crippen molar-refractivity contribution in [3.63, 3.8) is 0 Å².